The van der Waals surface area contributed by atoms with Crippen LogP contribution in [0.2, 0.25) is 5.02 Å². The molecule has 3 rings (SSSR count). The summed E-state index contributed by atoms with van der Waals surface area (Å²) in [5.41, 5.74) is 6.15. The summed E-state index contributed by atoms with van der Waals surface area (Å²) >= 11 is 6.01. The first kappa shape index (κ1) is 21.3. The minimum absolute atomic E-state index is 0.0305. The van der Waals surface area contributed by atoms with E-state index in [0.717, 1.165) is 0 Å². The number of nitrogens with one attached hydrogen (secondary N) is 1. The highest BCUT2D eigenvalue weighted by molar-refractivity contribution is 7.52. The third-order valence-electron chi connectivity index (χ3n) is 3.87. The molecule has 2 aromatic heterocycles. The van der Waals surface area contributed by atoms with Gasteiger partial charge in [0.2, 0.25) is 5.95 Å². The summed E-state index contributed by atoms with van der Waals surface area (Å²) in [4.78, 5) is 32.0. The molecule has 3 aromatic rings. The molecule has 0 amide bonds. The number of nitrogen functional groups attached to an aromatic ring is 1. The van der Waals surface area contributed by atoms with Crippen molar-refractivity contribution in [3.8, 4) is 5.75 Å². The predicted molar refractivity (Wildman–Crippen MR) is 106 cm³/mol. The lowest BCUT2D eigenvalue weighted by atomic mass is 10.2. The van der Waals surface area contributed by atoms with E-state index in [9.17, 15) is 14.3 Å². The molecular weight excluding hydrogens is 425 g/mol. The van der Waals surface area contributed by atoms with E-state index in [0.29, 0.717) is 22.0 Å². The predicted octanol–water partition coefficient (Wildman–Crippen LogP) is 1.74. The topological polar surface area (TPSA) is 155 Å². The Labute approximate surface area is 169 Å². The van der Waals surface area contributed by atoms with Crippen LogP contribution >= 0.6 is 19.2 Å². The summed E-state index contributed by atoms with van der Waals surface area (Å²) in [6, 6.07) is 4.91. The number of nitrogens with two attached hydrogens (primary N) is 1. The number of anilines is 1. The van der Waals surface area contributed by atoms with Gasteiger partial charge in [-0.05, 0) is 17.7 Å². The summed E-state index contributed by atoms with van der Waals surface area (Å²) in [7, 11) is -2.48. The zero-order valence-electron chi connectivity index (χ0n) is 15.4. The molecule has 1 aromatic carbocycles. The van der Waals surface area contributed by atoms with E-state index in [4.69, 9.17) is 31.3 Å². The monoisotopic (exact) mass is 443 g/mol. The van der Waals surface area contributed by atoms with Crippen molar-refractivity contribution in [2.24, 2.45) is 0 Å². The molecule has 0 saturated carbocycles. The summed E-state index contributed by atoms with van der Waals surface area (Å²) < 4.78 is 29.1. The van der Waals surface area contributed by atoms with Gasteiger partial charge in [0, 0.05) is 6.54 Å². The zero-order chi connectivity index (χ0) is 21.0. The molecule has 0 aliphatic carbocycles. The Kier molecular flexibility index (Phi) is 6.56. The van der Waals surface area contributed by atoms with Gasteiger partial charge in [0.05, 0.1) is 31.7 Å². The van der Waals surface area contributed by atoms with Gasteiger partial charge in [-0.2, -0.15) is 4.98 Å². The Morgan fingerprint density at radius 1 is 1.41 bits per heavy atom. The van der Waals surface area contributed by atoms with Crippen LogP contribution in [-0.2, 0) is 27.0 Å². The second-order valence-corrected chi connectivity index (χ2v) is 8.18. The molecule has 156 valence electrons. The zero-order valence-corrected chi connectivity index (χ0v) is 17.0. The third kappa shape index (κ3) is 5.34. The molecule has 13 heteroatoms. The fraction of sp³-hybridized carbons (Fsp3) is 0.312. The maximum Gasteiger partial charge on any atom is 0.353 e. The van der Waals surface area contributed by atoms with E-state index in [2.05, 4.69) is 15.0 Å². The highest BCUT2D eigenvalue weighted by Crippen LogP contribution is 2.43. The first-order valence-corrected chi connectivity index (χ1v) is 10.5. The van der Waals surface area contributed by atoms with E-state index in [1.807, 2.05) is 0 Å². The van der Waals surface area contributed by atoms with E-state index in [1.165, 1.54) is 13.4 Å². The van der Waals surface area contributed by atoms with E-state index in [-0.39, 0.29) is 31.2 Å². The maximum absolute atomic E-state index is 12.1. The maximum atomic E-state index is 12.1. The van der Waals surface area contributed by atoms with Crippen LogP contribution in [0.4, 0.5) is 5.95 Å². The minimum Gasteiger partial charge on any atom is -0.495 e. The van der Waals surface area contributed by atoms with Gasteiger partial charge >= 0.3 is 7.60 Å². The van der Waals surface area contributed by atoms with Crippen molar-refractivity contribution in [3.05, 3.63) is 45.5 Å². The number of hydrogen-bond acceptors (Lipinski definition) is 8. The van der Waals surface area contributed by atoms with Crippen LogP contribution < -0.4 is 16.0 Å². The third-order valence-corrected chi connectivity index (χ3v) is 5.21. The van der Waals surface area contributed by atoms with Crippen molar-refractivity contribution < 1.29 is 23.5 Å². The summed E-state index contributed by atoms with van der Waals surface area (Å²) in [6.07, 6.45) is 0.915. The van der Waals surface area contributed by atoms with E-state index >= 15 is 0 Å². The molecule has 0 aliphatic heterocycles. The highest BCUT2D eigenvalue weighted by Gasteiger charge is 2.20. The quantitative estimate of drug-likeness (QED) is 0.331. The van der Waals surface area contributed by atoms with Gasteiger partial charge in [-0.15, -0.1) is 0 Å². The smallest absolute Gasteiger partial charge is 0.353 e. The number of benzene rings is 1. The number of hydrogen-bond donors (Lipinski definition) is 3. The van der Waals surface area contributed by atoms with E-state index < -0.39 is 19.5 Å². The van der Waals surface area contributed by atoms with Crippen molar-refractivity contribution in [1.29, 1.82) is 0 Å². The van der Waals surface area contributed by atoms with Crippen molar-refractivity contribution >= 4 is 36.3 Å². The molecule has 4 N–H and O–H groups in total. The van der Waals surface area contributed by atoms with Gasteiger partial charge in [0.25, 0.3) is 5.56 Å². The molecular formula is C16H19ClN5O6P. The van der Waals surface area contributed by atoms with Crippen LogP contribution in [0.15, 0.2) is 29.3 Å². The van der Waals surface area contributed by atoms with Gasteiger partial charge in [-0.1, -0.05) is 17.7 Å². The number of halogens is 1. The number of H-pyrrole nitrogens is 1. The first-order valence-electron chi connectivity index (χ1n) is 8.36. The minimum atomic E-state index is -3.97. The summed E-state index contributed by atoms with van der Waals surface area (Å²) in [5, 5.41) is 0.373. The average Bonchev–Trinajstić information content (AvgIpc) is 3.07. The second kappa shape index (κ2) is 8.93. The van der Waals surface area contributed by atoms with Crippen molar-refractivity contribution in [1.82, 2.24) is 19.5 Å². The summed E-state index contributed by atoms with van der Waals surface area (Å²) in [5.74, 6) is 0.466. The molecule has 1 atom stereocenters. The second-order valence-electron chi connectivity index (χ2n) is 5.98. The van der Waals surface area contributed by atoms with Crippen molar-refractivity contribution in [2.75, 3.05) is 25.8 Å². The number of aromatic amines is 1. The number of rotatable bonds is 9. The molecule has 0 radical (unpaired) electrons. The SMILES string of the molecule is COc1ccc(COP(=O)(O)COCCn2cnc3c(=O)[nH]c(N)nc32)cc1Cl. The lowest BCUT2D eigenvalue weighted by molar-refractivity contribution is 0.136. The van der Waals surface area contributed by atoms with Crippen molar-refractivity contribution in [2.45, 2.75) is 13.2 Å². The fourth-order valence-electron chi connectivity index (χ4n) is 2.49. The first-order chi connectivity index (χ1) is 13.8. The standard InChI is InChI=1S/C16H19ClN5O6P/c1-26-12-3-2-10(6-11(12)17)7-28-29(24,25)9-27-5-4-22-8-19-13-14(22)20-16(18)21-15(13)23/h2-3,6,8H,4-5,7,9H2,1H3,(H,24,25)(H3,18,20,21,23). The molecule has 0 bridgehead atoms. The average molecular weight is 444 g/mol. The number of aromatic nitrogens is 4. The van der Waals surface area contributed by atoms with Gasteiger partial charge in [0.1, 0.15) is 12.1 Å². The summed E-state index contributed by atoms with van der Waals surface area (Å²) in [6.45, 7) is 0.210. The van der Waals surface area contributed by atoms with E-state index in [1.54, 1.807) is 22.8 Å². The van der Waals surface area contributed by atoms with Gasteiger partial charge in [0.15, 0.2) is 11.2 Å². The van der Waals surface area contributed by atoms with Crippen LogP contribution in [0.1, 0.15) is 5.56 Å². The Morgan fingerprint density at radius 2 is 2.21 bits per heavy atom. The van der Waals surface area contributed by atoms with Gasteiger partial charge in [-0.3, -0.25) is 14.3 Å². The molecule has 0 spiro atoms. The normalized spacial score (nSPS) is 13.5. The van der Waals surface area contributed by atoms with Crippen LogP contribution in [-0.4, -0.2) is 44.5 Å². The van der Waals surface area contributed by atoms with Crippen LogP contribution in [0.25, 0.3) is 11.2 Å². The fourth-order valence-corrected chi connectivity index (χ4v) is 3.56. The van der Waals surface area contributed by atoms with Crippen molar-refractivity contribution in [3.63, 3.8) is 0 Å². The highest BCUT2D eigenvalue weighted by atomic mass is 35.5. The number of fused-ring (bicyclic) bond motifs is 1. The lowest BCUT2D eigenvalue weighted by Crippen LogP contribution is -2.13. The van der Waals surface area contributed by atoms with Crippen LogP contribution in [0.5, 0.6) is 5.75 Å². The number of ether oxygens (including phenoxy) is 2. The van der Waals surface area contributed by atoms with Crippen LogP contribution in [0, 0.1) is 0 Å². The molecule has 29 heavy (non-hydrogen) atoms. The Bertz CT molecular complexity index is 1120. The Morgan fingerprint density at radius 3 is 2.93 bits per heavy atom. The number of imidazole rings is 1. The molecule has 11 nitrogen and oxygen atoms in total. The largest absolute Gasteiger partial charge is 0.495 e. The van der Waals surface area contributed by atoms with Gasteiger partial charge < -0.3 is 29.2 Å². The molecule has 1 unspecified atom stereocenters. The lowest BCUT2D eigenvalue weighted by Gasteiger charge is -2.13. The molecule has 0 saturated heterocycles. The Balaban J connectivity index is 1.50. The number of methoxy groups -OCH3 is 1. The van der Waals surface area contributed by atoms with Crippen LogP contribution in [0.3, 0.4) is 0 Å². The van der Waals surface area contributed by atoms with Gasteiger partial charge in [-0.25, -0.2) is 4.98 Å². The molecule has 0 aliphatic rings. The Hall–Kier alpha value is -2.43. The molecule has 0 fully saturated rings. The molecule has 2 heterocycles. The number of nitrogens with zero attached hydrogens (tertiary/aromatic N) is 3.